The molecule has 24 heavy (non-hydrogen) atoms. The zero-order valence-corrected chi connectivity index (χ0v) is 14.9. The monoisotopic (exact) mass is 333 g/mol. The maximum Gasteiger partial charge on any atom is 0.326 e. The molecule has 0 saturated carbocycles. The molecular weight excluding hydrogens is 306 g/mol. The second kappa shape index (κ2) is 7.24. The predicted octanol–water partition coefficient (Wildman–Crippen LogP) is 2.95. The van der Waals surface area contributed by atoms with Gasteiger partial charge in [-0.3, -0.25) is 4.79 Å². The number of aryl methyl sites for hydroxylation is 1. The number of hydrogen-bond donors (Lipinski definition) is 2. The average molecular weight is 333 g/mol. The summed E-state index contributed by atoms with van der Waals surface area (Å²) in [6, 6.07) is 4.93. The van der Waals surface area contributed by atoms with E-state index in [1.807, 2.05) is 32.0 Å². The van der Waals surface area contributed by atoms with Crippen LogP contribution in [0, 0.1) is 5.92 Å². The summed E-state index contributed by atoms with van der Waals surface area (Å²) in [5.74, 6) is -0.174. The van der Waals surface area contributed by atoms with Crippen molar-refractivity contribution in [3.8, 4) is 5.75 Å². The van der Waals surface area contributed by atoms with Gasteiger partial charge in [0.15, 0.2) is 0 Å². The number of rotatable bonds is 6. The van der Waals surface area contributed by atoms with Crippen LogP contribution in [0.15, 0.2) is 18.2 Å². The van der Waals surface area contributed by atoms with Crippen molar-refractivity contribution in [2.24, 2.45) is 5.92 Å². The van der Waals surface area contributed by atoms with Gasteiger partial charge in [-0.05, 0) is 56.2 Å². The molecule has 0 saturated heterocycles. The van der Waals surface area contributed by atoms with Crippen LogP contribution in [-0.2, 0) is 22.4 Å². The molecule has 1 heterocycles. The van der Waals surface area contributed by atoms with Gasteiger partial charge in [-0.15, -0.1) is 0 Å². The molecule has 1 aromatic carbocycles. The van der Waals surface area contributed by atoms with E-state index in [1.165, 1.54) is 0 Å². The van der Waals surface area contributed by atoms with Crippen LogP contribution >= 0.6 is 0 Å². The highest BCUT2D eigenvalue weighted by atomic mass is 16.5. The third kappa shape index (κ3) is 4.98. The maximum atomic E-state index is 12.2. The summed E-state index contributed by atoms with van der Waals surface area (Å²) in [5.41, 5.74) is 1.83. The number of nitrogens with one attached hydrogen (secondary N) is 1. The van der Waals surface area contributed by atoms with Gasteiger partial charge in [0.05, 0.1) is 6.42 Å². The van der Waals surface area contributed by atoms with E-state index < -0.39 is 12.0 Å². The molecule has 0 radical (unpaired) electrons. The van der Waals surface area contributed by atoms with Crippen molar-refractivity contribution in [1.82, 2.24) is 5.32 Å². The van der Waals surface area contributed by atoms with Crippen LogP contribution in [0.25, 0.3) is 0 Å². The topological polar surface area (TPSA) is 75.6 Å². The predicted molar refractivity (Wildman–Crippen MR) is 92.2 cm³/mol. The molecule has 0 unspecified atom stereocenters. The van der Waals surface area contributed by atoms with Gasteiger partial charge in [0, 0.05) is 0 Å². The highest BCUT2D eigenvalue weighted by Gasteiger charge is 2.27. The minimum absolute atomic E-state index is 0.155. The number of benzene rings is 1. The summed E-state index contributed by atoms with van der Waals surface area (Å²) in [4.78, 5) is 23.4. The molecule has 2 rings (SSSR count). The molecular formula is C19H27NO4. The van der Waals surface area contributed by atoms with Gasteiger partial charge in [-0.25, -0.2) is 4.79 Å². The van der Waals surface area contributed by atoms with Crippen molar-refractivity contribution in [2.75, 3.05) is 0 Å². The summed E-state index contributed by atoms with van der Waals surface area (Å²) in [5, 5.41) is 11.8. The lowest BCUT2D eigenvalue weighted by Crippen LogP contribution is -2.42. The van der Waals surface area contributed by atoms with E-state index in [0.717, 1.165) is 29.7 Å². The Labute approximate surface area is 143 Å². The third-order valence-corrected chi connectivity index (χ3v) is 4.21. The second-order valence-corrected chi connectivity index (χ2v) is 7.57. The summed E-state index contributed by atoms with van der Waals surface area (Å²) < 4.78 is 5.94. The van der Waals surface area contributed by atoms with E-state index >= 15 is 0 Å². The van der Waals surface area contributed by atoms with Crippen LogP contribution in [0.5, 0.6) is 5.75 Å². The Hall–Kier alpha value is -2.04. The largest absolute Gasteiger partial charge is 0.488 e. The highest BCUT2D eigenvalue weighted by molar-refractivity contribution is 5.84. The van der Waals surface area contributed by atoms with E-state index in [4.69, 9.17) is 4.74 Å². The van der Waals surface area contributed by atoms with Crippen molar-refractivity contribution >= 4 is 11.9 Å². The van der Waals surface area contributed by atoms with Gasteiger partial charge in [0.25, 0.3) is 0 Å². The molecule has 0 aromatic heterocycles. The van der Waals surface area contributed by atoms with E-state index in [9.17, 15) is 14.7 Å². The number of hydrogen-bond acceptors (Lipinski definition) is 3. The zero-order chi connectivity index (χ0) is 17.9. The molecule has 5 nitrogen and oxygen atoms in total. The molecule has 0 spiro atoms. The van der Waals surface area contributed by atoms with Crippen molar-refractivity contribution in [3.05, 3.63) is 29.3 Å². The fourth-order valence-electron chi connectivity index (χ4n) is 2.95. The van der Waals surface area contributed by atoms with Crippen molar-refractivity contribution in [1.29, 1.82) is 0 Å². The van der Waals surface area contributed by atoms with Crippen LogP contribution < -0.4 is 10.1 Å². The van der Waals surface area contributed by atoms with E-state index in [1.54, 1.807) is 0 Å². The van der Waals surface area contributed by atoms with E-state index in [2.05, 4.69) is 19.2 Å². The first-order valence-corrected chi connectivity index (χ1v) is 8.49. The normalized spacial score (nSPS) is 16.9. The van der Waals surface area contributed by atoms with Gasteiger partial charge in [-0.1, -0.05) is 26.0 Å². The summed E-state index contributed by atoms with van der Waals surface area (Å²) in [6.07, 6.45) is 2.46. The minimum Gasteiger partial charge on any atom is -0.488 e. The van der Waals surface area contributed by atoms with Crippen LogP contribution in [0.4, 0.5) is 0 Å². The fraction of sp³-hybridized carbons (Fsp3) is 0.579. The average Bonchev–Trinajstić information content (AvgIpc) is 2.45. The molecule has 1 aliphatic heterocycles. The Kier molecular flexibility index (Phi) is 5.52. The van der Waals surface area contributed by atoms with Crippen LogP contribution in [0.3, 0.4) is 0 Å². The standard InChI is InChI=1S/C19H27NO4/c1-12(2)9-15(18(22)23)20-17(21)11-13-5-6-16-14(10-13)7-8-19(3,4)24-16/h5-6,10,12,15H,7-9,11H2,1-4H3,(H,20,21)(H,22,23)/t15-/m0/s1. The SMILES string of the molecule is CC(C)C[C@H](NC(=O)Cc1ccc2c(c1)CCC(C)(C)O2)C(=O)O. The van der Waals surface area contributed by atoms with Gasteiger partial charge in [-0.2, -0.15) is 0 Å². The number of carboxylic acids is 1. The third-order valence-electron chi connectivity index (χ3n) is 4.21. The van der Waals surface area contributed by atoms with Crippen LogP contribution in [-0.4, -0.2) is 28.6 Å². The molecule has 5 heteroatoms. The Morgan fingerprint density at radius 1 is 1.33 bits per heavy atom. The quantitative estimate of drug-likeness (QED) is 0.839. The van der Waals surface area contributed by atoms with Crippen molar-refractivity contribution in [3.63, 3.8) is 0 Å². The Balaban J connectivity index is 2.01. The number of carbonyl (C=O) groups is 2. The van der Waals surface area contributed by atoms with Crippen molar-refractivity contribution in [2.45, 2.75) is 65.0 Å². The number of ether oxygens (including phenoxy) is 1. The minimum atomic E-state index is -0.988. The molecule has 1 aliphatic rings. The van der Waals surface area contributed by atoms with Gasteiger partial charge < -0.3 is 15.2 Å². The molecule has 132 valence electrons. The van der Waals surface area contributed by atoms with Gasteiger partial charge in [0.2, 0.25) is 5.91 Å². The number of aliphatic carboxylic acids is 1. The Bertz CT molecular complexity index is 622. The molecule has 0 aliphatic carbocycles. The maximum absolute atomic E-state index is 12.2. The number of carboxylic acid groups (broad SMARTS) is 1. The molecule has 1 amide bonds. The highest BCUT2D eigenvalue weighted by Crippen LogP contribution is 2.33. The second-order valence-electron chi connectivity index (χ2n) is 7.57. The molecule has 1 atom stereocenters. The first kappa shape index (κ1) is 18.3. The zero-order valence-electron chi connectivity index (χ0n) is 14.9. The molecule has 0 fully saturated rings. The number of fused-ring (bicyclic) bond motifs is 1. The Morgan fingerprint density at radius 2 is 2.04 bits per heavy atom. The smallest absolute Gasteiger partial charge is 0.326 e. The lowest BCUT2D eigenvalue weighted by molar-refractivity contribution is -0.142. The van der Waals surface area contributed by atoms with Crippen molar-refractivity contribution < 1.29 is 19.4 Å². The fourth-order valence-corrected chi connectivity index (χ4v) is 2.95. The van der Waals surface area contributed by atoms with Crippen LogP contribution in [0.1, 0.15) is 51.7 Å². The lowest BCUT2D eigenvalue weighted by atomic mass is 9.93. The number of amides is 1. The summed E-state index contributed by atoms with van der Waals surface area (Å²) in [6.45, 7) is 8.01. The Morgan fingerprint density at radius 3 is 2.67 bits per heavy atom. The lowest BCUT2D eigenvalue weighted by Gasteiger charge is -2.32. The molecule has 2 N–H and O–H groups in total. The van der Waals surface area contributed by atoms with Gasteiger partial charge >= 0.3 is 5.97 Å². The molecule has 0 bridgehead atoms. The van der Waals surface area contributed by atoms with Gasteiger partial charge in [0.1, 0.15) is 17.4 Å². The van der Waals surface area contributed by atoms with E-state index in [-0.39, 0.29) is 23.8 Å². The summed E-state index contributed by atoms with van der Waals surface area (Å²) in [7, 11) is 0. The number of carbonyl (C=O) groups excluding carboxylic acids is 1. The van der Waals surface area contributed by atoms with E-state index in [0.29, 0.717) is 6.42 Å². The van der Waals surface area contributed by atoms with Crippen LogP contribution in [0.2, 0.25) is 0 Å². The first-order chi connectivity index (χ1) is 11.2. The molecule has 1 aromatic rings. The first-order valence-electron chi connectivity index (χ1n) is 8.49. The summed E-state index contributed by atoms with van der Waals surface area (Å²) >= 11 is 0.